The van der Waals surface area contributed by atoms with Crippen molar-refractivity contribution in [1.82, 2.24) is 19.9 Å². The number of rotatable bonds is 5. The molecule has 8 nitrogen and oxygen atoms in total. The highest BCUT2D eigenvalue weighted by Crippen LogP contribution is 2.39. The molecule has 0 spiro atoms. The highest BCUT2D eigenvalue weighted by atomic mass is 16.3. The molecule has 0 saturated carbocycles. The lowest BCUT2D eigenvalue weighted by Crippen LogP contribution is -2.39. The van der Waals surface area contributed by atoms with E-state index >= 15 is 0 Å². The number of likely N-dealkylation sites (N-methyl/N-ethyl adjacent to an activating group) is 1. The summed E-state index contributed by atoms with van der Waals surface area (Å²) in [6.07, 6.45) is 3.59. The molecule has 180 valence electrons. The average molecular weight is 470 g/mol. The molecular formula is C27H31N7O. The number of anilines is 4. The van der Waals surface area contributed by atoms with Crippen LogP contribution in [0.2, 0.25) is 0 Å². The smallest absolute Gasteiger partial charge is 0.229 e. The number of hydrogen-bond donors (Lipinski definition) is 3. The van der Waals surface area contributed by atoms with Gasteiger partial charge in [-0.2, -0.15) is 10.2 Å². The molecule has 0 fully saturated rings. The second-order valence-electron chi connectivity index (χ2n) is 10.3. The van der Waals surface area contributed by atoms with Crippen LogP contribution in [-0.2, 0) is 24.0 Å². The zero-order chi connectivity index (χ0) is 24.8. The van der Waals surface area contributed by atoms with Crippen molar-refractivity contribution in [3.63, 3.8) is 0 Å². The summed E-state index contributed by atoms with van der Waals surface area (Å²) >= 11 is 0. The average Bonchev–Trinajstić information content (AvgIpc) is 3.15. The van der Waals surface area contributed by atoms with E-state index in [0.717, 1.165) is 30.8 Å². The fourth-order valence-electron chi connectivity index (χ4n) is 5.41. The summed E-state index contributed by atoms with van der Waals surface area (Å²) in [6, 6.07) is 12.4. The Labute approximate surface area is 206 Å². The Morgan fingerprint density at radius 3 is 2.74 bits per heavy atom. The second-order valence-corrected chi connectivity index (χ2v) is 10.3. The summed E-state index contributed by atoms with van der Waals surface area (Å²) in [5.41, 5.74) is 4.82. The molecule has 0 bridgehead atoms. The predicted octanol–water partition coefficient (Wildman–Crippen LogP) is 4.50. The van der Waals surface area contributed by atoms with Crippen molar-refractivity contribution < 1.29 is 5.11 Å². The first-order chi connectivity index (χ1) is 16.7. The number of nitrogens with one attached hydrogen (secondary N) is 2. The van der Waals surface area contributed by atoms with Gasteiger partial charge in [0.25, 0.3) is 0 Å². The van der Waals surface area contributed by atoms with Crippen LogP contribution in [-0.4, -0.2) is 38.6 Å². The minimum absolute atomic E-state index is 0.0929. The first-order valence-corrected chi connectivity index (χ1v) is 12.1. The van der Waals surface area contributed by atoms with Gasteiger partial charge in [0.05, 0.1) is 11.9 Å². The fourth-order valence-corrected chi connectivity index (χ4v) is 5.41. The molecule has 0 saturated heterocycles. The molecule has 3 heterocycles. The van der Waals surface area contributed by atoms with E-state index in [0.29, 0.717) is 41.7 Å². The molecule has 1 aromatic carbocycles. The van der Waals surface area contributed by atoms with Crippen LogP contribution in [0.3, 0.4) is 0 Å². The minimum Gasteiger partial charge on any atom is -0.384 e. The van der Waals surface area contributed by atoms with Crippen LogP contribution in [0.15, 0.2) is 36.5 Å². The Kier molecular flexibility index (Phi) is 5.70. The first kappa shape index (κ1) is 23.2. The molecule has 2 aliphatic rings. The number of aliphatic hydroxyl groups is 1. The van der Waals surface area contributed by atoms with Crippen LogP contribution >= 0.6 is 0 Å². The van der Waals surface area contributed by atoms with E-state index in [-0.39, 0.29) is 5.41 Å². The van der Waals surface area contributed by atoms with Gasteiger partial charge in [0.1, 0.15) is 23.1 Å². The third kappa shape index (κ3) is 4.33. The third-order valence-corrected chi connectivity index (χ3v) is 7.16. The van der Waals surface area contributed by atoms with Crippen molar-refractivity contribution in [3.05, 3.63) is 64.5 Å². The van der Waals surface area contributed by atoms with Gasteiger partial charge in [0.2, 0.25) is 5.95 Å². The number of benzene rings is 1. The number of nitrogens with zero attached hydrogens (tertiary/aromatic N) is 5. The first-order valence-electron chi connectivity index (χ1n) is 12.1. The number of hydrogen-bond acceptors (Lipinski definition) is 8. The number of nitriles is 1. The molecule has 2 aromatic heterocycles. The van der Waals surface area contributed by atoms with Crippen molar-refractivity contribution in [3.8, 4) is 6.07 Å². The van der Waals surface area contributed by atoms with Crippen molar-refractivity contribution in [2.45, 2.75) is 57.6 Å². The van der Waals surface area contributed by atoms with E-state index in [4.69, 9.17) is 0 Å². The van der Waals surface area contributed by atoms with Crippen LogP contribution in [0.1, 0.15) is 61.6 Å². The molecule has 0 amide bonds. The number of pyridine rings is 1. The lowest BCUT2D eigenvalue weighted by molar-refractivity contribution is 0.0307. The van der Waals surface area contributed by atoms with Crippen molar-refractivity contribution >= 4 is 23.3 Å². The Balaban J connectivity index is 1.42. The summed E-state index contributed by atoms with van der Waals surface area (Å²) in [6.45, 7) is 8.42. The second kappa shape index (κ2) is 8.59. The van der Waals surface area contributed by atoms with E-state index in [9.17, 15) is 10.4 Å². The highest BCUT2D eigenvalue weighted by molar-refractivity contribution is 5.64. The van der Waals surface area contributed by atoms with Gasteiger partial charge in [-0.1, -0.05) is 32.9 Å². The number of aromatic nitrogens is 3. The van der Waals surface area contributed by atoms with Gasteiger partial charge in [-0.05, 0) is 61.2 Å². The molecular weight excluding hydrogens is 438 g/mol. The van der Waals surface area contributed by atoms with Gasteiger partial charge in [-0.3, -0.25) is 0 Å². The van der Waals surface area contributed by atoms with E-state index in [1.807, 2.05) is 25.1 Å². The summed E-state index contributed by atoms with van der Waals surface area (Å²) in [7, 11) is 2.14. The SMILES string of the molecule is CCC1(O)CCc2ccc(Nc3nc(Nc4ccc5c(c4)CN(C)CC5(C)C)ncc3C#N)nc21. The maximum atomic E-state index is 10.9. The lowest BCUT2D eigenvalue weighted by atomic mass is 9.78. The van der Waals surface area contributed by atoms with E-state index in [1.165, 1.54) is 17.3 Å². The molecule has 1 atom stereocenters. The Hall–Kier alpha value is -3.54. The minimum atomic E-state index is -0.904. The molecule has 1 unspecified atom stereocenters. The number of fused-ring (bicyclic) bond motifs is 2. The molecule has 0 radical (unpaired) electrons. The van der Waals surface area contributed by atoms with Gasteiger partial charge in [0.15, 0.2) is 5.82 Å². The van der Waals surface area contributed by atoms with Gasteiger partial charge in [-0.25, -0.2) is 9.97 Å². The maximum Gasteiger partial charge on any atom is 0.229 e. The van der Waals surface area contributed by atoms with Crippen LogP contribution in [0, 0.1) is 11.3 Å². The number of aryl methyl sites for hydroxylation is 1. The molecule has 1 aliphatic carbocycles. The monoisotopic (exact) mass is 469 g/mol. The summed E-state index contributed by atoms with van der Waals surface area (Å²) < 4.78 is 0. The Morgan fingerprint density at radius 2 is 1.97 bits per heavy atom. The predicted molar refractivity (Wildman–Crippen MR) is 136 cm³/mol. The van der Waals surface area contributed by atoms with Crippen molar-refractivity contribution in [2.75, 3.05) is 24.2 Å². The van der Waals surface area contributed by atoms with E-state index < -0.39 is 5.60 Å². The van der Waals surface area contributed by atoms with E-state index in [1.54, 1.807) is 0 Å². The summed E-state index contributed by atoms with van der Waals surface area (Å²) in [5.74, 6) is 1.30. The topological polar surface area (TPSA) is 110 Å². The highest BCUT2D eigenvalue weighted by Gasteiger charge is 2.36. The van der Waals surface area contributed by atoms with Crippen LogP contribution in [0.5, 0.6) is 0 Å². The molecule has 35 heavy (non-hydrogen) atoms. The third-order valence-electron chi connectivity index (χ3n) is 7.16. The van der Waals surface area contributed by atoms with Crippen LogP contribution < -0.4 is 10.6 Å². The zero-order valence-corrected chi connectivity index (χ0v) is 20.7. The van der Waals surface area contributed by atoms with Crippen molar-refractivity contribution in [1.29, 1.82) is 5.26 Å². The standard InChI is InChI=1S/C27H31N7O/c1-5-27(35)11-10-17-6-9-22(31-23(17)27)32-24-19(13-28)14-29-25(33-24)30-20-7-8-21-18(12-20)15-34(4)16-26(21,2)3/h6-9,12,14,35H,5,10-11,15-16H2,1-4H3,(H2,29,30,31,32,33). The summed E-state index contributed by atoms with van der Waals surface area (Å²) in [4.78, 5) is 15.9. The van der Waals surface area contributed by atoms with Gasteiger partial charge < -0.3 is 20.6 Å². The Morgan fingerprint density at radius 1 is 1.14 bits per heavy atom. The van der Waals surface area contributed by atoms with Gasteiger partial charge in [0, 0.05) is 24.2 Å². The largest absolute Gasteiger partial charge is 0.384 e. The Bertz CT molecular complexity index is 1330. The van der Waals surface area contributed by atoms with Gasteiger partial charge in [-0.15, -0.1) is 0 Å². The van der Waals surface area contributed by atoms with Crippen LogP contribution in [0.25, 0.3) is 0 Å². The quantitative estimate of drug-likeness (QED) is 0.501. The lowest BCUT2D eigenvalue weighted by Gasteiger charge is -2.38. The molecule has 5 rings (SSSR count). The maximum absolute atomic E-state index is 10.9. The molecule has 3 aromatic rings. The zero-order valence-electron chi connectivity index (χ0n) is 20.7. The molecule has 3 N–H and O–H groups in total. The van der Waals surface area contributed by atoms with Crippen LogP contribution in [0.4, 0.5) is 23.3 Å². The molecule has 8 heteroatoms. The molecule has 1 aliphatic heterocycles. The fraction of sp³-hybridized carbons (Fsp3) is 0.407. The normalized spacial score (nSPS) is 20.6. The summed E-state index contributed by atoms with van der Waals surface area (Å²) in [5, 5.41) is 27.0. The van der Waals surface area contributed by atoms with Gasteiger partial charge >= 0.3 is 0 Å². The van der Waals surface area contributed by atoms with E-state index in [2.05, 4.69) is 69.6 Å². The van der Waals surface area contributed by atoms with Crippen molar-refractivity contribution in [2.24, 2.45) is 0 Å².